The van der Waals surface area contributed by atoms with Crippen molar-refractivity contribution in [3.05, 3.63) is 0 Å². The molecule has 0 unspecified atom stereocenters. The summed E-state index contributed by atoms with van der Waals surface area (Å²) in [6.45, 7) is 32.0. The predicted octanol–water partition coefficient (Wildman–Crippen LogP) is 4.43. The first-order chi connectivity index (χ1) is 40.5. The van der Waals surface area contributed by atoms with Crippen LogP contribution in [0.25, 0.3) is 0 Å². The van der Waals surface area contributed by atoms with Crippen molar-refractivity contribution in [1.29, 1.82) is 0 Å². The normalized spacial score (nSPS) is 27.2. The zero-order valence-electron chi connectivity index (χ0n) is 58.5. The van der Waals surface area contributed by atoms with Crippen LogP contribution in [0.2, 0.25) is 0 Å². The van der Waals surface area contributed by atoms with Crippen molar-refractivity contribution in [2.45, 2.75) is 241 Å². The second-order valence-corrected chi connectivity index (χ2v) is 28.4. The molecule has 13 atom stereocenters. The molecule has 506 valence electrons. The van der Waals surface area contributed by atoms with Crippen molar-refractivity contribution in [1.82, 2.24) is 55.6 Å². The van der Waals surface area contributed by atoms with Gasteiger partial charge in [0.2, 0.25) is 59.1 Å². The van der Waals surface area contributed by atoms with E-state index in [9.17, 15) is 38.7 Å². The minimum atomic E-state index is -1.60. The van der Waals surface area contributed by atoms with Crippen LogP contribution >= 0.6 is 11.8 Å². The molecule has 1 saturated heterocycles. The van der Waals surface area contributed by atoms with Crippen LogP contribution in [-0.4, -0.2) is 232 Å². The predicted molar refractivity (Wildman–Crippen MR) is 346 cm³/mol. The van der Waals surface area contributed by atoms with E-state index in [1.54, 1.807) is 54.7 Å². The molecule has 11 amide bonds. The number of nitrogens with one attached hydrogen (secondary N) is 4. The number of aliphatic hydroxyl groups is 1. The van der Waals surface area contributed by atoms with Crippen molar-refractivity contribution in [2.75, 3.05) is 55.6 Å². The molecule has 24 heteroatoms. The first-order valence-corrected chi connectivity index (χ1v) is 33.1. The van der Waals surface area contributed by atoms with E-state index >= 15 is 19.2 Å². The molecule has 0 saturated carbocycles. The average molecular weight is 1260 g/mol. The SMILES string of the molecule is CCCC[C@@H](C)[C@@H](O)[C@H]1C(=O)N[C@@H](C(C)C)C(=O)N(C)[C@H](SC)C(=O)N(C)[C@@H](CC(C)C)C(=O)N[C@@H](C(C)C)C(=O)N(C)[C@@H](CC(C)C)C(=O)N[C@@H](C)C(=O)N[C@H](C)C(=O)N(C)[C@@H](CC(C)C)C(=O)N(C)[C@@H](CC(C)C)C(=O)N(C)[C@@H](C(C)C)C(=O)N1C. The number of nitrogens with zero attached hydrogens (tertiary/aromatic N) is 7. The summed E-state index contributed by atoms with van der Waals surface area (Å²) in [4.78, 5) is 171. The number of hydrogen-bond donors (Lipinski definition) is 5. The van der Waals surface area contributed by atoms with Crippen molar-refractivity contribution >= 4 is 76.7 Å². The van der Waals surface area contributed by atoms with Crippen LogP contribution in [0.3, 0.4) is 0 Å². The Bertz CT molecular complexity index is 2370. The Morgan fingerprint density at radius 3 is 1.16 bits per heavy atom. The Morgan fingerprint density at radius 2 is 0.750 bits per heavy atom. The van der Waals surface area contributed by atoms with E-state index in [0.717, 1.165) is 23.1 Å². The number of amides is 11. The number of hydrogen-bond acceptors (Lipinski definition) is 13. The Kier molecular flexibility index (Phi) is 33.3. The molecule has 0 spiro atoms. The molecule has 0 aromatic rings. The second-order valence-electron chi connectivity index (χ2n) is 27.5. The molecule has 1 heterocycles. The molecular formula is C64H117N11O12S. The highest BCUT2D eigenvalue weighted by atomic mass is 32.2. The third-order valence-electron chi connectivity index (χ3n) is 16.9. The minimum absolute atomic E-state index is 0.134. The number of likely N-dealkylation sites (N-methyl/N-ethyl adjacent to an activating group) is 7. The Balaban J connectivity index is 4.45. The van der Waals surface area contributed by atoms with Gasteiger partial charge in [0.05, 0.1) is 6.10 Å². The lowest BCUT2D eigenvalue weighted by Gasteiger charge is -2.42. The zero-order chi connectivity index (χ0) is 68.4. The smallest absolute Gasteiger partial charge is 0.256 e. The van der Waals surface area contributed by atoms with Gasteiger partial charge in [-0.2, -0.15) is 0 Å². The molecule has 88 heavy (non-hydrogen) atoms. The number of carbonyl (C=O) groups is 11. The van der Waals surface area contributed by atoms with Gasteiger partial charge in [-0.3, -0.25) is 52.7 Å². The summed E-state index contributed by atoms with van der Waals surface area (Å²) in [7, 11) is 10.0. The Morgan fingerprint density at radius 1 is 0.398 bits per heavy atom. The topological polar surface area (TPSA) is 279 Å². The monoisotopic (exact) mass is 1260 g/mol. The van der Waals surface area contributed by atoms with Gasteiger partial charge in [0, 0.05) is 49.3 Å². The zero-order valence-corrected chi connectivity index (χ0v) is 59.3. The van der Waals surface area contributed by atoms with Crippen LogP contribution in [-0.2, 0) is 52.7 Å². The van der Waals surface area contributed by atoms with E-state index in [4.69, 9.17) is 0 Å². The molecular weight excluding hydrogens is 1150 g/mol. The molecule has 0 aromatic carbocycles. The van der Waals surface area contributed by atoms with E-state index in [0.29, 0.717) is 12.8 Å². The maximum Gasteiger partial charge on any atom is 0.256 e. The van der Waals surface area contributed by atoms with Gasteiger partial charge in [-0.05, 0) is 99.6 Å². The average Bonchev–Trinajstić information content (AvgIpc) is 1.45. The Labute approximate surface area is 532 Å². The fraction of sp³-hybridized carbons (Fsp3) is 0.828. The third kappa shape index (κ3) is 21.9. The first-order valence-electron chi connectivity index (χ1n) is 31.8. The van der Waals surface area contributed by atoms with E-state index in [-0.39, 0.29) is 49.4 Å². The van der Waals surface area contributed by atoms with E-state index < -0.39 is 161 Å². The van der Waals surface area contributed by atoms with Gasteiger partial charge in [-0.25, -0.2) is 0 Å². The second kappa shape index (κ2) is 36.4. The fourth-order valence-corrected chi connectivity index (χ4v) is 12.1. The quantitative estimate of drug-likeness (QED) is 0.135. The van der Waals surface area contributed by atoms with Gasteiger partial charge >= 0.3 is 0 Å². The van der Waals surface area contributed by atoms with Crippen LogP contribution in [0.5, 0.6) is 0 Å². The Hall–Kier alpha value is -5.52. The molecule has 5 N–H and O–H groups in total. The summed E-state index contributed by atoms with van der Waals surface area (Å²) in [5.41, 5.74) is 0. The maximum absolute atomic E-state index is 15.3. The summed E-state index contributed by atoms with van der Waals surface area (Å²) in [5, 5.41) is 22.2. The largest absolute Gasteiger partial charge is 0.390 e. The van der Waals surface area contributed by atoms with Gasteiger partial charge < -0.3 is 60.7 Å². The number of rotatable bonds is 17. The molecule has 0 radical (unpaired) electrons. The van der Waals surface area contributed by atoms with Gasteiger partial charge in [0.1, 0.15) is 60.4 Å². The lowest BCUT2D eigenvalue weighted by Crippen LogP contribution is -2.64. The van der Waals surface area contributed by atoms with E-state index in [2.05, 4.69) is 21.3 Å². The van der Waals surface area contributed by atoms with Crippen LogP contribution in [0.4, 0.5) is 0 Å². The maximum atomic E-state index is 15.3. The number of unbranched alkanes of at least 4 members (excludes halogenated alkanes) is 1. The molecule has 1 rings (SSSR count). The van der Waals surface area contributed by atoms with Crippen molar-refractivity contribution in [3.63, 3.8) is 0 Å². The molecule has 0 aliphatic carbocycles. The molecule has 23 nitrogen and oxygen atoms in total. The van der Waals surface area contributed by atoms with Crippen molar-refractivity contribution < 1.29 is 57.8 Å². The molecule has 1 aliphatic rings. The summed E-state index contributed by atoms with van der Waals surface area (Å²) >= 11 is 1.02. The fourth-order valence-electron chi connectivity index (χ4n) is 11.3. The number of aliphatic hydroxyl groups excluding tert-OH is 1. The van der Waals surface area contributed by atoms with E-state index in [1.165, 1.54) is 92.6 Å². The summed E-state index contributed by atoms with van der Waals surface area (Å²) < 4.78 is 0. The summed E-state index contributed by atoms with van der Waals surface area (Å²) in [6, 6.07) is -12.4. The van der Waals surface area contributed by atoms with E-state index in [1.807, 2.05) is 62.3 Å². The van der Waals surface area contributed by atoms with Gasteiger partial charge in [0.15, 0.2) is 5.37 Å². The summed E-state index contributed by atoms with van der Waals surface area (Å²) in [5.74, 6) is -10.2. The molecule has 0 aromatic heterocycles. The molecule has 0 bridgehead atoms. The van der Waals surface area contributed by atoms with Crippen molar-refractivity contribution in [2.24, 2.45) is 47.3 Å². The minimum Gasteiger partial charge on any atom is -0.390 e. The highest BCUT2D eigenvalue weighted by Crippen LogP contribution is 2.27. The van der Waals surface area contributed by atoms with Crippen LogP contribution in [0, 0.1) is 47.3 Å². The lowest BCUT2D eigenvalue weighted by molar-refractivity contribution is -0.157. The lowest BCUT2D eigenvalue weighted by atomic mass is 9.90. The number of thioether (sulfide) groups is 1. The van der Waals surface area contributed by atoms with Gasteiger partial charge in [-0.15, -0.1) is 11.8 Å². The van der Waals surface area contributed by atoms with Crippen LogP contribution in [0.15, 0.2) is 0 Å². The standard InChI is InChI=1S/C64H117N11O12S/c1-27-28-29-41(16)52(76)51-56(80)68-49(39(12)13)61(85)75(25)64(88-26)63(87)70(20)45(31-35(4)5)55(79)67-48(38(10)11)60(84)69(19)44(30-34(2)3)54(78)65-42(17)53(77)66-43(18)57(81)71(21)46(32-36(6)7)58(82)72(22)47(33-37(8)9)59(83)73(23)50(40(14)15)62(86)74(51)24/h34-52,64,76H,27-33H2,1-26H3,(H,65,78)(H,66,77)(H,67,79)(H,68,80)/t41-,42+,43-,44+,45+,46+,47+,48+,49+,50+,51+,52-,64-/m1/s1. The number of carbonyl (C=O) groups excluding carboxylic acids is 11. The highest BCUT2D eigenvalue weighted by Gasteiger charge is 2.47. The third-order valence-corrected chi connectivity index (χ3v) is 17.9. The highest BCUT2D eigenvalue weighted by molar-refractivity contribution is 7.99. The summed E-state index contributed by atoms with van der Waals surface area (Å²) in [6.07, 6.45) is 2.72. The van der Waals surface area contributed by atoms with Crippen molar-refractivity contribution in [3.8, 4) is 0 Å². The molecule has 1 aliphatic heterocycles. The van der Waals surface area contributed by atoms with Gasteiger partial charge in [-0.1, -0.05) is 124 Å². The molecule has 1 fully saturated rings. The first kappa shape index (κ1) is 80.5. The van der Waals surface area contributed by atoms with Crippen LogP contribution < -0.4 is 21.3 Å². The van der Waals surface area contributed by atoms with Crippen LogP contribution in [0.1, 0.15) is 170 Å². The van der Waals surface area contributed by atoms with Gasteiger partial charge in [0.25, 0.3) is 5.91 Å².